The number of piperidine rings is 1. The molecule has 0 radical (unpaired) electrons. The number of carbonyl (C=O) groups is 1. The highest BCUT2D eigenvalue weighted by molar-refractivity contribution is 5.91. The molecular formula is C13H19NO2. The first-order chi connectivity index (χ1) is 7.58. The fourth-order valence-electron chi connectivity index (χ4n) is 2.41. The number of ketones is 1. The minimum Gasteiger partial charge on any atom is -0.437 e. The van der Waals surface area contributed by atoms with Crippen molar-refractivity contribution in [2.75, 3.05) is 11.4 Å². The van der Waals surface area contributed by atoms with Gasteiger partial charge in [0, 0.05) is 25.6 Å². The van der Waals surface area contributed by atoms with Gasteiger partial charge in [0.1, 0.15) is 0 Å². The van der Waals surface area contributed by atoms with E-state index in [-0.39, 0.29) is 5.78 Å². The number of carbonyl (C=O) groups excluding carboxylic acids is 1. The number of anilines is 1. The van der Waals surface area contributed by atoms with E-state index in [1.165, 1.54) is 19.8 Å². The largest absolute Gasteiger partial charge is 0.437 e. The number of furan rings is 1. The average molecular weight is 221 g/mol. The standard InChI is InChI=1S/C13H19NO2/c1-9-6-7-14(10(2)8-9)13-5-4-12(16-13)11(3)15/h4-5,9-10H,6-8H2,1-3H3. The van der Waals surface area contributed by atoms with Gasteiger partial charge in [-0.1, -0.05) is 6.92 Å². The van der Waals surface area contributed by atoms with Crippen LogP contribution in [0.15, 0.2) is 16.5 Å². The van der Waals surface area contributed by atoms with Crippen LogP contribution in [0.5, 0.6) is 0 Å². The Hall–Kier alpha value is -1.25. The average Bonchev–Trinajstić information content (AvgIpc) is 2.66. The lowest BCUT2D eigenvalue weighted by Crippen LogP contribution is -2.39. The van der Waals surface area contributed by atoms with E-state index in [2.05, 4.69) is 18.7 Å². The van der Waals surface area contributed by atoms with Crippen molar-refractivity contribution in [1.29, 1.82) is 0 Å². The van der Waals surface area contributed by atoms with Crippen LogP contribution in [0, 0.1) is 5.92 Å². The Labute approximate surface area is 96.4 Å². The van der Waals surface area contributed by atoms with Crippen molar-refractivity contribution < 1.29 is 9.21 Å². The van der Waals surface area contributed by atoms with Crippen LogP contribution in [0.25, 0.3) is 0 Å². The van der Waals surface area contributed by atoms with Gasteiger partial charge < -0.3 is 9.32 Å². The van der Waals surface area contributed by atoms with Crippen LogP contribution in [0.1, 0.15) is 44.2 Å². The molecule has 88 valence electrons. The highest BCUT2D eigenvalue weighted by Gasteiger charge is 2.25. The van der Waals surface area contributed by atoms with E-state index in [4.69, 9.17) is 4.42 Å². The van der Waals surface area contributed by atoms with Crippen molar-refractivity contribution in [1.82, 2.24) is 0 Å². The first-order valence-electron chi connectivity index (χ1n) is 5.95. The highest BCUT2D eigenvalue weighted by atomic mass is 16.4. The third-order valence-corrected chi connectivity index (χ3v) is 3.36. The van der Waals surface area contributed by atoms with Crippen LogP contribution < -0.4 is 4.90 Å². The summed E-state index contributed by atoms with van der Waals surface area (Å²) in [5, 5.41) is 0. The summed E-state index contributed by atoms with van der Waals surface area (Å²) in [6.07, 6.45) is 2.39. The van der Waals surface area contributed by atoms with Gasteiger partial charge in [-0.15, -0.1) is 0 Å². The van der Waals surface area contributed by atoms with E-state index in [9.17, 15) is 4.79 Å². The molecule has 0 aromatic carbocycles. The Morgan fingerprint density at radius 1 is 1.44 bits per heavy atom. The number of nitrogens with zero attached hydrogens (tertiary/aromatic N) is 1. The fraction of sp³-hybridized carbons (Fsp3) is 0.615. The van der Waals surface area contributed by atoms with Gasteiger partial charge in [0.2, 0.25) is 0 Å². The molecule has 3 heteroatoms. The molecule has 2 unspecified atom stereocenters. The molecule has 0 saturated carbocycles. The Balaban J connectivity index is 2.14. The van der Waals surface area contributed by atoms with Crippen LogP contribution >= 0.6 is 0 Å². The molecule has 2 heterocycles. The third-order valence-electron chi connectivity index (χ3n) is 3.36. The van der Waals surface area contributed by atoms with Crippen LogP contribution in [0.4, 0.5) is 5.88 Å². The first-order valence-corrected chi connectivity index (χ1v) is 5.95. The second-order valence-electron chi connectivity index (χ2n) is 4.87. The summed E-state index contributed by atoms with van der Waals surface area (Å²) in [7, 11) is 0. The molecule has 16 heavy (non-hydrogen) atoms. The SMILES string of the molecule is CC(=O)c1ccc(N2CCC(C)CC2C)o1. The molecule has 1 aliphatic heterocycles. The summed E-state index contributed by atoms with van der Waals surface area (Å²) in [4.78, 5) is 13.4. The van der Waals surface area contributed by atoms with Crippen LogP contribution in [0.2, 0.25) is 0 Å². The summed E-state index contributed by atoms with van der Waals surface area (Å²) in [6.45, 7) is 7.06. The lowest BCUT2D eigenvalue weighted by Gasteiger charge is -2.36. The predicted octanol–water partition coefficient (Wildman–Crippen LogP) is 3.11. The van der Waals surface area contributed by atoms with Gasteiger partial charge in [-0.25, -0.2) is 0 Å². The minimum absolute atomic E-state index is 0.00993. The zero-order valence-electron chi connectivity index (χ0n) is 10.2. The maximum absolute atomic E-state index is 11.2. The van der Waals surface area contributed by atoms with E-state index in [0.717, 1.165) is 18.3 Å². The summed E-state index contributed by atoms with van der Waals surface area (Å²) in [5.74, 6) is 2.07. The maximum atomic E-state index is 11.2. The molecule has 0 N–H and O–H groups in total. The van der Waals surface area contributed by atoms with E-state index < -0.39 is 0 Å². The molecule has 3 nitrogen and oxygen atoms in total. The molecule has 0 bridgehead atoms. The molecule has 2 rings (SSSR count). The van der Waals surface area contributed by atoms with E-state index in [0.29, 0.717) is 11.8 Å². The van der Waals surface area contributed by atoms with Crippen LogP contribution in [0.3, 0.4) is 0 Å². The summed E-state index contributed by atoms with van der Waals surface area (Å²) in [6, 6.07) is 4.17. The highest BCUT2D eigenvalue weighted by Crippen LogP contribution is 2.29. The molecule has 1 aromatic rings. The monoisotopic (exact) mass is 221 g/mol. The molecule has 1 aliphatic rings. The lowest BCUT2D eigenvalue weighted by atomic mass is 9.93. The van der Waals surface area contributed by atoms with Gasteiger partial charge in [-0.2, -0.15) is 0 Å². The number of hydrogen-bond donors (Lipinski definition) is 0. The van der Waals surface area contributed by atoms with Crippen molar-refractivity contribution >= 4 is 11.7 Å². The second-order valence-corrected chi connectivity index (χ2v) is 4.87. The summed E-state index contributed by atoms with van der Waals surface area (Å²) >= 11 is 0. The summed E-state index contributed by atoms with van der Waals surface area (Å²) < 4.78 is 5.57. The van der Waals surface area contributed by atoms with Gasteiger partial charge in [0.05, 0.1) is 0 Å². The van der Waals surface area contributed by atoms with Gasteiger partial charge in [0.15, 0.2) is 17.4 Å². The fourth-order valence-corrected chi connectivity index (χ4v) is 2.41. The van der Waals surface area contributed by atoms with Gasteiger partial charge in [-0.05, 0) is 31.7 Å². The van der Waals surface area contributed by atoms with Gasteiger partial charge in [-0.3, -0.25) is 4.79 Å². The quantitative estimate of drug-likeness (QED) is 0.719. The smallest absolute Gasteiger partial charge is 0.196 e. The molecular weight excluding hydrogens is 202 g/mol. The first kappa shape index (κ1) is 11.2. The van der Waals surface area contributed by atoms with E-state index >= 15 is 0 Å². The molecule has 1 fully saturated rings. The lowest BCUT2D eigenvalue weighted by molar-refractivity contribution is 0.0987. The van der Waals surface area contributed by atoms with Crippen molar-refractivity contribution in [2.24, 2.45) is 5.92 Å². The van der Waals surface area contributed by atoms with Gasteiger partial charge >= 0.3 is 0 Å². The minimum atomic E-state index is -0.00993. The predicted molar refractivity (Wildman–Crippen MR) is 63.9 cm³/mol. The molecule has 0 spiro atoms. The van der Waals surface area contributed by atoms with Crippen molar-refractivity contribution in [3.63, 3.8) is 0 Å². The Kier molecular flexibility index (Phi) is 3.03. The molecule has 2 atom stereocenters. The zero-order valence-corrected chi connectivity index (χ0v) is 10.2. The van der Waals surface area contributed by atoms with Crippen molar-refractivity contribution in [3.8, 4) is 0 Å². The van der Waals surface area contributed by atoms with Crippen LogP contribution in [-0.4, -0.2) is 18.4 Å². The number of rotatable bonds is 2. The van der Waals surface area contributed by atoms with Crippen molar-refractivity contribution in [3.05, 3.63) is 17.9 Å². The molecule has 0 aliphatic carbocycles. The van der Waals surface area contributed by atoms with Gasteiger partial charge in [0.25, 0.3) is 0 Å². The second kappa shape index (κ2) is 4.32. The maximum Gasteiger partial charge on any atom is 0.196 e. The van der Waals surface area contributed by atoms with Crippen LogP contribution in [-0.2, 0) is 0 Å². The Morgan fingerprint density at radius 2 is 2.19 bits per heavy atom. The summed E-state index contributed by atoms with van der Waals surface area (Å²) in [5.41, 5.74) is 0. The van der Waals surface area contributed by atoms with Crippen molar-refractivity contribution in [2.45, 2.75) is 39.7 Å². The normalized spacial score (nSPS) is 25.8. The van der Waals surface area contributed by atoms with E-state index in [1.54, 1.807) is 6.07 Å². The third kappa shape index (κ3) is 2.13. The molecule has 1 aromatic heterocycles. The van der Waals surface area contributed by atoms with E-state index in [1.807, 2.05) is 6.07 Å². The zero-order chi connectivity index (χ0) is 11.7. The number of hydrogen-bond acceptors (Lipinski definition) is 3. The molecule has 0 amide bonds. The Morgan fingerprint density at radius 3 is 2.75 bits per heavy atom. The number of Topliss-reactive ketones (excluding diaryl/α,β-unsaturated/α-hetero) is 1. The Bertz CT molecular complexity index is 383. The topological polar surface area (TPSA) is 33.5 Å². The molecule has 1 saturated heterocycles.